The Kier molecular flexibility index (Phi) is 5.41. The second-order valence-electron chi connectivity index (χ2n) is 5.96. The van der Waals surface area contributed by atoms with Crippen molar-refractivity contribution in [2.45, 2.75) is 52.5 Å². The normalized spacial score (nSPS) is 19.6. The molecule has 0 aromatic heterocycles. The molecule has 0 aliphatic carbocycles. The molecular weight excluding hydrogens is 232 g/mol. The first-order valence-corrected chi connectivity index (χ1v) is 7.67. The molecular formula is C17H28N2. The molecule has 0 spiro atoms. The van der Waals surface area contributed by atoms with Crippen LogP contribution < -0.4 is 10.6 Å². The van der Waals surface area contributed by atoms with E-state index in [2.05, 4.69) is 43.5 Å². The van der Waals surface area contributed by atoms with Crippen LogP contribution >= 0.6 is 0 Å². The molecule has 1 aromatic carbocycles. The summed E-state index contributed by atoms with van der Waals surface area (Å²) in [5, 5.41) is 7.19. The first-order chi connectivity index (χ1) is 9.16. The minimum absolute atomic E-state index is 0.689. The lowest BCUT2D eigenvalue weighted by atomic mass is 9.99. The number of rotatable bonds is 5. The van der Waals surface area contributed by atoms with Gasteiger partial charge in [0, 0.05) is 12.6 Å². The first-order valence-electron chi connectivity index (χ1n) is 7.67. The molecule has 1 heterocycles. The molecule has 0 amide bonds. The fourth-order valence-electron chi connectivity index (χ4n) is 2.89. The third-order valence-corrected chi connectivity index (χ3v) is 4.33. The predicted molar refractivity (Wildman–Crippen MR) is 82.9 cm³/mol. The smallest absolute Gasteiger partial charge is 0.0192 e. The highest BCUT2D eigenvalue weighted by molar-refractivity contribution is 5.36. The molecule has 19 heavy (non-hydrogen) atoms. The Bertz CT molecular complexity index is 406. The van der Waals surface area contributed by atoms with Gasteiger partial charge in [0.05, 0.1) is 0 Å². The van der Waals surface area contributed by atoms with Crippen molar-refractivity contribution in [3.63, 3.8) is 0 Å². The van der Waals surface area contributed by atoms with Gasteiger partial charge in [-0.1, -0.05) is 18.6 Å². The standard InChI is InChI=1S/C17H28N2/c1-13-10-15(3)16(11-14(13)2)7-9-18-12-17-6-4-5-8-19-17/h10-11,17-19H,4-9,12H2,1-3H3. The van der Waals surface area contributed by atoms with E-state index in [0.29, 0.717) is 6.04 Å². The molecule has 2 heteroatoms. The van der Waals surface area contributed by atoms with Crippen LogP contribution in [0.3, 0.4) is 0 Å². The lowest BCUT2D eigenvalue weighted by molar-refractivity contribution is 0.384. The van der Waals surface area contributed by atoms with Crippen LogP contribution in [0.5, 0.6) is 0 Å². The molecule has 1 unspecified atom stereocenters. The minimum Gasteiger partial charge on any atom is -0.315 e. The van der Waals surface area contributed by atoms with Gasteiger partial charge in [-0.2, -0.15) is 0 Å². The van der Waals surface area contributed by atoms with Gasteiger partial charge in [-0.25, -0.2) is 0 Å². The number of hydrogen-bond donors (Lipinski definition) is 2. The Morgan fingerprint density at radius 2 is 1.89 bits per heavy atom. The summed E-state index contributed by atoms with van der Waals surface area (Å²) in [6.45, 7) is 10.0. The zero-order valence-corrected chi connectivity index (χ0v) is 12.7. The van der Waals surface area contributed by atoms with Crippen LogP contribution in [-0.4, -0.2) is 25.7 Å². The van der Waals surface area contributed by atoms with Crippen LogP contribution in [0.2, 0.25) is 0 Å². The highest BCUT2D eigenvalue weighted by Gasteiger charge is 2.11. The Morgan fingerprint density at radius 1 is 1.11 bits per heavy atom. The average Bonchev–Trinajstić information content (AvgIpc) is 2.41. The highest BCUT2D eigenvalue weighted by Crippen LogP contribution is 2.15. The Balaban J connectivity index is 1.74. The lowest BCUT2D eigenvalue weighted by Gasteiger charge is -2.23. The number of hydrogen-bond acceptors (Lipinski definition) is 2. The van der Waals surface area contributed by atoms with E-state index >= 15 is 0 Å². The maximum absolute atomic E-state index is 3.60. The number of nitrogens with one attached hydrogen (secondary N) is 2. The fourth-order valence-corrected chi connectivity index (χ4v) is 2.89. The number of aryl methyl sites for hydroxylation is 3. The molecule has 1 aromatic rings. The van der Waals surface area contributed by atoms with Crippen LogP contribution in [-0.2, 0) is 6.42 Å². The maximum Gasteiger partial charge on any atom is 0.0192 e. The molecule has 1 saturated heterocycles. The summed E-state index contributed by atoms with van der Waals surface area (Å²) in [6.07, 6.45) is 5.20. The van der Waals surface area contributed by atoms with Gasteiger partial charge in [-0.3, -0.25) is 0 Å². The zero-order valence-electron chi connectivity index (χ0n) is 12.7. The van der Waals surface area contributed by atoms with Crippen molar-refractivity contribution in [2.75, 3.05) is 19.6 Å². The van der Waals surface area contributed by atoms with Crippen LogP contribution in [0.15, 0.2) is 12.1 Å². The van der Waals surface area contributed by atoms with Gasteiger partial charge >= 0.3 is 0 Å². The lowest BCUT2D eigenvalue weighted by Crippen LogP contribution is -2.42. The molecule has 0 bridgehead atoms. The molecule has 0 radical (unpaired) electrons. The van der Waals surface area contributed by atoms with Crippen molar-refractivity contribution < 1.29 is 0 Å². The van der Waals surface area contributed by atoms with Crippen molar-refractivity contribution in [3.05, 3.63) is 34.4 Å². The second-order valence-corrected chi connectivity index (χ2v) is 5.96. The van der Waals surface area contributed by atoms with Gasteiger partial charge < -0.3 is 10.6 Å². The van der Waals surface area contributed by atoms with Crippen molar-refractivity contribution in [1.29, 1.82) is 0 Å². The van der Waals surface area contributed by atoms with Crippen LogP contribution in [0, 0.1) is 20.8 Å². The molecule has 1 aliphatic rings. The third kappa shape index (κ3) is 4.32. The Morgan fingerprint density at radius 3 is 2.63 bits per heavy atom. The van der Waals surface area contributed by atoms with E-state index in [1.165, 1.54) is 48.1 Å². The maximum atomic E-state index is 3.60. The van der Waals surface area contributed by atoms with E-state index in [1.807, 2.05) is 0 Å². The molecule has 1 aliphatic heterocycles. The summed E-state index contributed by atoms with van der Waals surface area (Å²) >= 11 is 0. The van der Waals surface area contributed by atoms with Gasteiger partial charge in [0.2, 0.25) is 0 Å². The monoisotopic (exact) mass is 260 g/mol. The highest BCUT2D eigenvalue weighted by atomic mass is 15.0. The third-order valence-electron chi connectivity index (χ3n) is 4.33. The second kappa shape index (κ2) is 7.06. The van der Waals surface area contributed by atoms with E-state index < -0.39 is 0 Å². The van der Waals surface area contributed by atoms with E-state index in [0.717, 1.165) is 19.5 Å². The predicted octanol–water partition coefficient (Wildman–Crippen LogP) is 2.89. The van der Waals surface area contributed by atoms with E-state index in [1.54, 1.807) is 0 Å². The van der Waals surface area contributed by atoms with E-state index in [4.69, 9.17) is 0 Å². The Labute approximate surface area is 118 Å². The summed E-state index contributed by atoms with van der Waals surface area (Å²) < 4.78 is 0. The van der Waals surface area contributed by atoms with Crippen molar-refractivity contribution in [2.24, 2.45) is 0 Å². The van der Waals surface area contributed by atoms with Gasteiger partial charge in [-0.05, 0) is 75.4 Å². The SMILES string of the molecule is Cc1cc(C)c(CCNCC2CCCCN2)cc1C. The summed E-state index contributed by atoms with van der Waals surface area (Å²) in [6, 6.07) is 5.35. The van der Waals surface area contributed by atoms with Crippen LogP contribution in [0.25, 0.3) is 0 Å². The molecule has 1 fully saturated rings. The van der Waals surface area contributed by atoms with E-state index in [-0.39, 0.29) is 0 Å². The van der Waals surface area contributed by atoms with Crippen molar-refractivity contribution in [1.82, 2.24) is 10.6 Å². The molecule has 0 saturated carbocycles. The van der Waals surface area contributed by atoms with Crippen LogP contribution in [0.4, 0.5) is 0 Å². The average molecular weight is 260 g/mol. The van der Waals surface area contributed by atoms with Crippen molar-refractivity contribution >= 4 is 0 Å². The molecule has 106 valence electrons. The van der Waals surface area contributed by atoms with Gasteiger partial charge in [0.25, 0.3) is 0 Å². The molecule has 2 rings (SSSR count). The summed E-state index contributed by atoms with van der Waals surface area (Å²) in [4.78, 5) is 0. The van der Waals surface area contributed by atoms with Crippen molar-refractivity contribution in [3.8, 4) is 0 Å². The van der Waals surface area contributed by atoms with Gasteiger partial charge in [0.15, 0.2) is 0 Å². The molecule has 1 atom stereocenters. The summed E-state index contributed by atoms with van der Waals surface area (Å²) in [5.74, 6) is 0. The van der Waals surface area contributed by atoms with E-state index in [9.17, 15) is 0 Å². The molecule has 2 N–H and O–H groups in total. The van der Waals surface area contributed by atoms with Gasteiger partial charge in [-0.15, -0.1) is 0 Å². The topological polar surface area (TPSA) is 24.1 Å². The quantitative estimate of drug-likeness (QED) is 0.796. The largest absolute Gasteiger partial charge is 0.315 e. The first kappa shape index (κ1) is 14.5. The van der Waals surface area contributed by atoms with Crippen LogP contribution in [0.1, 0.15) is 41.5 Å². The summed E-state index contributed by atoms with van der Waals surface area (Å²) in [7, 11) is 0. The summed E-state index contributed by atoms with van der Waals surface area (Å²) in [5.41, 5.74) is 5.74. The number of piperidine rings is 1. The Hall–Kier alpha value is -0.860. The van der Waals surface area contributed by atoms with Gasteiger partial charge in [0.1, 0.15) is 0 Å². The zero-order chi connectivity index (χ0) is 13.7. The molecule has 2 nitrogen and oxygen atoms in total. The fraction of sp³-hybridized carbons (Fsp3) is 0.647. The minimum atomic E-state index is 0.689. The number of benzene rings is 1.